The number of rotatable bonds is 3. The molecule has 0 unspecified atom stereocenters. The van der Waals surface area contributed by atoms with E-state index in [1.165, 1.54) is 0 Å². The monoisotopic (exact) mass is 318 g/mol. The molecule has 0 spiro atoms. The Balaban J connectivity index is 1.84. The predicted molar refractivity (Wildman–Crippen MR) is 87.2 cm³/mol. The molecule has 1 aliphatic heterocycles. The molecule has 2 aromatic heterocycles. The van der Waals surface area contributed by atoms with Crippen LogP contribution in [0, 0.1) is 6.92 Å². The standard InChI is InChI=1S/C16H22N4OS/c1-10(2)12-8-13(19-18-12)16(21)20-7-5-4-6-14(20)15-17-11(3)9-22-15/h8-10,14H,4-7H2,1-3H3,(H,18,19)/t14-/m0/s1. The summed E-state index contributed by atoms with van der Waals surface area (Å²) in [6.07, 6.45) is 3.18. The van der Waals surface area contributed by atoms with Crippen molar-refractivity contribution >= 4 is 17.2 Å². The molecule has 0 bridgehead atoms. The average Bonchev–Trinajstić information content (AvgIpc) is 3.15. The van der Waals surface area contributed by atoms with Crippen LogP contribution in [0.1, 0.15) is 72.0 Å². The van der Waals surface area contributed by atoms with Crippen molar-refractivity contribution in [3.63, 3.8) is 0 Å². The Kier molecular flexibility index (Phi) is 4.29. The first-order valence-electron chi connectivity index (χ1n) is 7.84. The van der Waals surface area contributed by atoms with Crippen molar-refractivity contribution in [1.29, 1.82) is 0 Å². The van der Waals surface area contributed by atoms with Gasteiger partial charge in [-0.15, -0.1) is 11.3 Å². The summed E-state index contributed by atoms with van der Waals surface area (Å²) in [6, 6.07) is 1.98. The summed E-state index contributed by atoms with van der Waals surface area (Å²) in [5, 5.41) is 10.3. The summed E-state index contributed by atoms with van der Waals surface area (Å²) in [5.74, 6) is 0.355. The molecule has 1 saturated heterocycles. The first kappa shape index (κ1) is 15.2. The first-order chi connectivity index (χ1) is 10.6. The molecule has 0 aliphatic carbocycles. The van der Waals surface area contributed by atoms with E-state index in [9.17, 15) is 4.79 Å². The molecule has 1 amide bonds. The van der Waals surface area contributed by atoms with Crippen LogP contribution in [0.5, 0.6) is 0 Å². The van der Waals surface area contributed by atoms with E-state index in [-0.39, 0.29) is 11.9 Å². The Hall–Kier alpha value is -1.69. The van der Waals surface area contributed by atoms with E-state index >= 15 is 0 Å². The van der Waals surface area contributed by atoms with Crippen molar-refractivity contribution in [2.45, 2.75) is 52.0 Å². The van der Waals surface area contributed by atoms with E-state index < -0.39 is 0 Å². The fraction of sp³-hybridized carbons (Fsp3) is 0.562. The summed E-state index contributed by atoms with van der Waals surface area (Å²) in [5.41, 5.74) is 2.55. The Morgan fingerprint density at radius 3 is 2.91 bits per heavy atom. The molecule has 0 saturated carbocycles. The summed E-state index contributed by atoms with van der Waals surface area (Å²) < 4.78 is 0. The molecule has 3 rings (SSSR count). The number of likely N-dealkylation sites (tertiary alicyclic amines) is 1. The maximum absolute atomic E-state index is 12.8. The molecule has 22 heavy (non-hydrogen) atoms. The van der Waals surface area contributed by atoms with Gasteiger partial charge in [0.15, 0.2) is 0 Å². The third-order valence-corrected chi connectivity index (χ3v) is 5.19. The minimum Gasteiger partial charge on any atom is -0.328 e. The van der Waals surface area contributed by atoms with Crippen LogP contribution in [0.15, 0.2) is 11.4 Å². The van der Waals surface area contributed by atoms with Crippen LogP contribution in [0.4, 0.5) is 0 Å². The fourth-order valence-electron chi connectivity index (χ4n) is 2.85. The third kappa shape index (κ3) is 2.92. The summed E-state index contributed by atoms with van der Waals surface area (Å²) in [6.45, 7) is 6.96. The third-order valence-electron chi connectivity index (χ3n) is 4.12. The highest BCUT2D eigenvalue weighted by molar-refractivity contribution is 7.09. The van der Waals surface area contributed by atoms with Crippen LogP contribution in [-0.2, 0) is 0 Å². The van der Waals surface area contributed by atoms with E-state index in [0.29, 0.717) is 11.6 Å². The van der Waals surface area contributed by atoms with Gasteiger partial charge in [0.25, 0.3) is 5.91 Å². The van der Waals surface area contributed by atoms with Gasteiger partial charge in [-0.05, 0) is 38.2 Å². The zero-order valence-electron chi connectivity index (χ0n) is 13.3. The Morgan fingerprint density at radius 1 is 1.45 bits per heavy atom. The summed E-state index contributed by atoms with van der Waals surface area (Å²) in [7, 11) is 0. The van der Waals surface area contributed by atoms with Crippen molar-refractivity contribution in [3.05, 3.63) is 33.5 Å². The van der Waals surface area contributed by atoms with E-state index in [1.54, 1.807) is 11.3 Å². The van der Waals surface area contributed by atoms with Crippen LogP contribution in [0.3, 0.4) is 0 Å². The van der Waals surface area contributed by atoms with Gasteiger partial charge >= 0.3 is 0 Å². The first-order valence-corrected chi connectivity index (χ1v) is 8.72. The van der Waals surface area contributed by atoms with Gasteiger partial charge in [0.05, 0.1) is 6.04 Å². The Labute approximate surface area is 134 Å². The van der Waals surface area contributed by atoms with Crippen molar-refractivity contribution < 1.29 is 4.79 Å². The smallest absolute Gasteiger partial charge is 0.274 e. The van der Waals surface area contributed by atoms with Gasteiger partial charge in [0.2, 0.25) is 0 Å². The van der Waals surface area contributed by atoms with Crippen molar-refractivity contribution in [2.24, 2.45) is 0 Å². The zero-order valence-corrected chi connectivity index (χ0v) is 14.1. The highest BCUT2D eigenvalue weighted by Gasteiger charge is 2.31. The van der Waals surface area contributed by atoms with E-state index in [4.69, 9.17) is 0 Å². The zero-order chi connectivity index (χ0) is 15.7. The van der Waals surface area contributed by atoms with E-state index in [2.05, 4.69) is 34.4 Å². The SMILES string of the molecule is Cc1csc([C@@H]2CCCCN2C(=O)c2cc(C(C)C)[nH]n2)n1. The number of hydrogen-bond acceptors (Lipinski definition) is 4. The highest BCUT2D eigenvalue weighted by Crippen LogP contribution is 2.33. The number of nitrogens with zero attached hydrogens (tertiary/aromatic N) is 3. The van der Waals surface area contributed by atoms with Gasteiger partial charge in [0, 0.05) is 23.3 Å². The number of aromatic amines is 1. The lowest BCUT2D eigenvalue weighted by molar-refractivity contribution is 0.0605. The number of aryl methyl sites for hydroxylation is 1. The molecule has 1 fully saturated rings. The average molecular weight is 318 g/mol. The number of aromatic nitrogens is 3. The normalized spacial score (nSPS) is 18.9. The van der Waals surface area contributed by atoms with Crippen LogP contribution < -0.4 is 0 Å². The largest absolute Gasteiger partial charge is 0.328 e. The fourth-order valence-corrected chi connectivity index (χ4v) is 3.79. The number of thiazole rings is 1. The molecule has 6 heteroatoms. The molecule has 2 aromatic rings. The summed E-state index contributed by atoms with van der Waals surface area (Å²) in [4.78, 5) is 19.4. The number of amides is 1. The van der Waals surface area contributed by atoms with Crippen molar-refractivity contribution in [1.82, 2.24) is 20.1 Å². The lowest BCUT2D eigenvalue weighted by atomic mass is 10.0. The highest BCUT2D eigenvalue weighted by atomic mass is 32.1. The van der Waals surface area contributed by atoms with Crippen LogP contribution in [0.2, 0.25) is 0 Å². The predicted octanol–water partition coefficient (Wildman–Crippen LogP) is 3.67. The second-order valence-electron chi connectivity index (χ2n) is 6.20. The quantitative estimate of drug-likeness (QED) is 0.939. The molecule has 1 aliphatic rings. The molecule has 5 nitrogen and oxygen atoms in total. The Bertz CT molecular complexity index is 661. The number of carbonyl (C=O) groups excluding carboxylic acids is 1. The van der Waals surface area contributed by atoms with Gasteiger partial charge in [0.1, 0.15) is 10.7 Å². The molecule has 1 N–H and O–H groups in total. The minimum absolute atomic E-state index is 0.0145. The van der Waals surface area contributed by atoms with Crippen LogP contribution in [0.25, 0.3) is 0 Å². The minimum atomic E-state index is 0.0145. The van der Waals surface area contributed by atoms with Crippen molar-refractivity contribution in [2.75, 3.05) is 6.54 Å². The van der Waals surface area contributed by atoms with Gasteiger partial charge < -0.3 is 4.90 Å². The maximum Gasteiger partial charge on any atom is 0.274 e. The number of H-pyrrole nitrogens is 1. The molecular weight excluding hydrogens is 296 g/mol. The van der Waals surface area contributed by atoms with Gasteiger partial charge in [-0.25, -0.2) is 4.98 Å². The second-order valence-corrected chi connectivity index (χ2v) is 7.09. The maximum atomic E-state index is 12.8. The number of hydrogen-bond donors (Lipinski definition) is 1. The van der Waals surface area contributed by atoms with Gasteiger partial charge in [-0.3, -0.25) is 9.89 Å². The Morgan fingerprint density at radius 2 is 2.27 bits per heavy atom. The molecule has 3 heterocycles. The van der Waals surface area contributed by atoms with E-state index in [0.717, 1.165) is 42.2 Å². The molecular formula is C16H22N4OS. The number of nitrogens with one attached hydrogen (secondary N) is 1. The number of piperidine rings is 1. The lowest BCUT2D eigenvalue weighted by Gasteiger charge is -2.34. The molecule has 1 atom stereocenters. The topological polar surface area (TPSA) is 61.9 Å². The molecule has 0 radical (unpaired) electrons. The van der Waals surface area contributed by atoms with E-state index in [1.807, 2.05) is 17.9 Å². The molecule has 0 aromatic carbocycles. The van der Waals surface area contributed by atoms with Gasteiger partial charge in [-0.1, -0.05) is 13.8 Å². The number of carbonyl (C=O) groups is 1. The summed E-state index contributed by atoms with van der Waals surface area (Å²) >= 11 is 1.65. The molecule has 118 valence electrons. The van der Waals surface area contributed by atoms with Crippen LogP contribution in [-0.4, -0.2) is 32.5 Å². The second kappa shape index (κ2) is 6.20. The van der Waals surface area contributed by atoms with Crippen molar-refractivity contribution in [3.8, 4) is 0 Å². The van der Waals surface area contributed by atoms with Gasteiger partial charge in [-0.2, -0.15) is 5.10 Å². The van der Waals surface area contributed by atoms with Crippen LogP contribution >= 0.6 is 11.3 Å². The lowest BCUT2D eigenvalue weighted by Crippen LogP contribution is -2.38.